The maximum Gasteiger partial charge on any atom is 0.341 e. The standard InChI is InChI=1S/C24H19Cl2FN2O4S/c25-21-3-2-19(11-22(21)26)34-29(5-6-30)13-15-1-4-23(33-14-24(31)32)20(9-15)17-7-16(12-28)8-18(27)10-17/h1-4,7-11,30H,5-6,13-14H2,(H,31,32). The van der Waals surface area contributed by atoms with Gasteiger partial charge < -0.3 is 14.9 Å². The molecule has 0 aliphatic heterocycles. The van der Waals surface area contributed by atoms with E-state index in [2.05, 4.69) is 0 Å². The summed E-state index contributed by atoms with van der Waals surface area (Å²) in [6, 6.07) is 16.1. The molecule has 0 saturated heterocycles. The van der Waals surface area contributed by atoms with Gasteiger partial charge in [0.2, 0.25) is 0 Å². The van der Waals surface area contributed by atoms with Crippen LogP contribution in [0, 0.1) is 17.1 Å². The number of aliphatic hydroxyl groups is 1. The van der Waals surface area contributed by atoms with Crippen molar-refractivity contribution in [2.45, 2.75) is 11.4 Å². The van der Waals surface area contributed by atoms with Crippen molar-refractivity contribution < 1.29 is 24.1 Å². The number of halogens is 3. The van der Waals surface area contributed by atoms with Crippen LogP contribution in [-0.4, -0.2) is 40.2 Å². The predicted octanol–water partition coefficient (Wildman–Crippen LogP) is 5.64. The molecule has 0 aliphatic carbocycles. The summed E-state index contributed by atoms with van der Waals surface area (Å²) in [5.74, 6) is -1.51. The number of hydrogen-bond acceptors (Lipinski definition) is 6. The Morgan fingerprint density at radius 3 is 2.59 bits per heavy atom. The lowest BCUT2D eigenvalue weighted by Gasteiger charge is -2.21. The molecule has 2 N–H and O–H groups in total. The summed E-state index contributed by atoms with van der Waals surface area (Å²) in [7, 11) is 0. The molecule has 0 fully saturated rings. The summed E-state index contributed by atoms with van der Waals surface area (Å²) in [5, 5.41) is 28.6. The van der Waals surface area contributed by atoms with E-state index < -0.39 is 18.4 Å². The van der Waals surface area contributed by atoms with E-state index in [4.69, 9.17) is 33.0 Å². The van der Waals surface area contributed by atoms with Crippen molar-refractivity contribution in [3.63, 3.8) is 0 Å². The summed E-state index contributed by atoms with van der Waals surface area (Å²) < 4.78 is 21.4. The van der Waals surface area contributed by atoms with Gasteiger partial charge in [-0.3, -0.25) is 0 Å². The zero-order valence-corrected chi connectivity index (χ0v) is 20.0. The van der Waals surface area contributed by atoms with E-state index in [-0.39, 0.29) is 17.9 Å². The average Bonchev–Trinajstić information content (AvgIpc) is 2.80. The van der Waals surface area contributed by atoms with Gasteiger partial charge in [-0.25, -0.2) is 13.5 Å². The first kappa shape index (κ1) is 25.8. The van der Waals surface area contributed by atoms with Crippen LogP contribution in [0.2, 0.25) is 10.0 Å². The van der Waals surface area contributed by atoms with Crippen LogP contribution in [0.5, 0.6) is 5.75 Å². The number of carboxylic acids is 1. The molecule has 0 bridgehead atoms. The first-order chi connectivity index (χ1) is 16.3. The molecule has 0 heterocycles. The zero-order valence-electron chi connectivity index (χ0n) is 17.7. The Morgan fingerprint density at radius 2 is 1.91 bits per heavy atom. The Hall–Kier alpha value is -2.80. The van der Waals surface area contributed by atoms with Crippen LogP contribution in [0.4, 0.5) is 4.39 Å². The summed E-state index contributed by atoms with van der Waals surface area (Å²) in [6.07, 6.45) is 0. The molecule has 0 saturated carbocycles. The van der Waals surface area contributed by atoms with E-state index in [1.165, 1.54) is 24.1 Å². The van der Waals surface area contributed by atoms with Crippen LogP contribution in [0.1, 0.15) is 11.1 Å². The van der Waals surface area contributed by atoms with Gasteiger partial charge in [0.15, 0.2) is 6.61 Å². The second-order valence-corrected chi connectivity index (χ2v) is 9.09. The second kappa shape index (κ2) is 12.1. The van der Waals surface area contributed by atoms with Gasteiger partial charge in [-0.15, -0.1) is 0 Å². The Kier molecular flexibility index (Phi) is 9.16. The fourth-order valence-corrected chi connectivity index (χ4v) is 4.48. The van der Waals surface area contributed by atoms with E-state index >= 15 is 0 Å². The molecule has 0 spiro atoms. The Morgan fingerprint density at radius 1 is 1.12 bits per heavy atom. The number of nitrogens with zero attached hydrogens (tertiary/aromatic N) is 2. The highest BCUT2D eigenvalue weighted by Crippen LogP contribution is 2.35. The summed E-state index contributed by atoms with van der Waals surface area (Å²) in [4.78, 5) is 11.8. The summed E-state index contributed by atoms with van der Waals surface area (Å²) in [6.45, 7) is 0.0706. The number of carboxylic acid groups (broad SMARTS) is 1. The molecular formula is C24H19Cl2FN2O4S. The number of aliphatic hydroxyl groups excluding tert-OH is 1. The Balaban J connectivity index is 1.94. The van der Waals surface area contributed by atoms with Crippen LogP contribution < -0.4 is 4.74 Å². The fourth-order valence-electron chi connectivity index (χ4n) is 3.13. The van der Waals surface area contributed by atoms with Crippen LogP contribution in [-0.2, 0) is 11.3 Å². The number of carbonyl (C=O) groups is 1. The molecule has 34 heavy (non-hydrogen) atoms. The third kappa shape index (κ3) is 7.10. The van der Waals surface area contributed by atoms with Gasteiger partial charge in [-0.2, -0.15) is 5.26 Å². The minimum Gasteiger partial charge on any atom is -0.481 e. The molecule has 6 nitrogen and oxygen atoms in total. The number of aliphatic carboxylic acids is 1. The second-order valence-electron chi connectivity index (χ2n) is 7.11. The van der Waals surface area contributed by atoms with Crippen molar-refractivity contribution >= 4 is 41.1 Å². The molecule has 0 amide bonds. The van der Waals surface area contributed by atoms with E-state index in [1.807, 2.05) is 16.4 Å². The van der Waals surface area contributed by atoms with Crippen molar-refractivity contribution in [1.82, 2.24) is 4.31 Å². The van der Waals surface area contributed by atoms with Crippen molar-refractivity contribution in [2.24, 2.45) is 0 Å². The number of rotatable bonds is 10. The van der Waals surface area contributed by atoms with Crippen LogP contribution in [0.25, 0.3) is 11.1 Å². The summed E-state index contributed by atoms with van der Waals surface area (Å²) in [5.41, 5.74) is 1.74. The molecule has 0 aliphatic rings. The lowest BCUT2D eigenvalue weighted by Crippen LogP contribution is -2.19. The average molecular weight is 521 g/mol. The van der Waals surface area contributed by atoms with Crippen molar-refractivity contribution in [3.8, 4) is 22.9 Å². The molecule has 0 atom stereocenters. The highest BCUT2D eigenvalue weighted by Gasteiger charge is 2.15. The van der Waals surface area contributed by atoms with Gasteiger partial charge in [0, 0.05) is 23.5 Å². The smallest absolute Gasteiger partial charge is 0.341 e. The molecule has 3 aromatic carbocycles. The number of nitriles is 1. The van der Waals surface area contributed by atoms with Crippen LogP contribution >= 0.6 is 35.1 Å². The Labute approximate surface area is 210 Å². The van der Waals surface area contributed by atoms with Gasteiger partial charge in [0.1, 0.15) is 11.6 Å². The third-order valence-electron chi connectivity index (χ3n) is 4.57. The molecule has 3 rings (SSSR count). The first-order valence-electron chi connectivity index (χ1n) is 9.96. The fraction of sp³-hybridized carbons (Fsp3) is 0.167. The normalized spacial score (nSPS) is 10.8. The molecule has 3 aromatic rings. The molecule has 0 unspecified atom stereocenters. The van der Waals surface area contributed by atoms with Crippen molar-refractivity contribution in [1.29, 1.82) is 5.26 Å². The SMILES string of the molecule is N#Cc1cc(F)cc(-c2cc(CN(CCO)Sc3ccc(Cl)c(Cl)c3)ccc2OCC(=O)O)c1. The number of benzene rings is 3. The number of ether oxygens (including phenoxy) is 1. The predicted molar refractivity (Wildman–Crippen MR) is 129 cm³/mol. The summed E-state index contributed by atoms with van der Waals surface area (Å²) >= 11 is 13.5. The lowest BCUT2D eigenvalue weighted by atomic mass is 9.99. The minimum atomic E-state index is -1.15. The van der Waals surface area contributed by atoms with Crippen LogP contribution in [0.3, 0.4) is 0 Å². The molecule has 0 radical (unpaired) electrons. The topological polar surface area (TPSA) is 93.8 Å². The maximum atomic E-state index is 14.1. The van der Waals surface area contributed by atoms with E-state index in [9.17, 15) is 19.6 Å². The molecule has 176 valence electrons. The molecule has 10 heteroatoms. The van der Waals surface area contributed by atoms with E-state index in [0.29, 0.717) is 34.3 Å². The monoisotopic (exact) mass is 520 g/mol. The van der Waals surface area contributed by atoms with Crippen LogP contribution in [0.15, 0.2) is 59.5 Å². The number of hydrogen-bond donors (Lipinski definition) is 2. The first-order valence-corrected chi connectivity index (χ1v) is 11.5. The van der Waals surface area contributed by atoms with E-state index in [0.717, 1.165) is 16.5 Å². The Bertz CT molecular complexity index is 1240. The van der Waals surface area contributed by atoms with Crippen molar-refractivity contribution in [2.75, 3.05) is 19.8 Å². The highest BCUT2D eigenvalue weighted by molar-refractivity contribution is 7.97. The minimum absolute atomic E-state index is 0.0869. The van der Waals surface area contributed by atoms with Gasteiger partial charge in [-0.05, 0) is 71.6 Å². The van der Waals surface area contributed by atoms with Gasteiger partial charge >= 0.3 is 5.97 Å². The van der Waals surface area contributed by atoms with Gasteiger partial charge in [0.25, 0.3) is 0 Å². The van der Waals surface area contributed by atoms with Gasteiger partial charge in [-0.1, -0.05) is 29.3 Å². The molecule has 0 aromatic heterocycles. The lowest BCUT2D eigenvalue weighted by molar-refractivity contribution is -0.139. The van der Waals surface area contributed by atoms with Crippen molar-refractivity contribution in [3.05, 3.63) is 81.6 Å². The molecular weight excluding hydrogens is 502 g/mol. The third-order valence-corrected chi connectivity index (χ3v) is 6.34. The van der Waals surface area contributed by atoms with E-state index in [1.54, 1.807) is 30.3 Å². The largest absolute Gasteiger partial charge is 0.481 e. The van der Waals surface area contributed by atoms with Gasteiger partial charge in [0.05, 0.1) is 28.3 Å². The maximum absolute atomic E-state index is 14.1. The quantitative estimate of drug-likeness (QED) is 0.334. The zero-order chi connectivity index (χ0) is 24.7. The highest BCUT2D eigenvalue weighted by atomic mass is 35.5.